The molecule has 0 saturated heterocycles. The molecule has 9 nitrogen and oxygen atoms in total. The molecule has 2 heterocycles. The van der Waals surface area contributed by atoms with Crippen LogP contribution in [0.25, 0.3) is 16.9 Å². The van der Waals surface area contributed by atoms with Crippen LogP contribution in [-0.4, -0.2) is 26.4 Å². The van der Waals surface area contributed by atoms with Crippen molar-refractivity contribution in [2.24, 2.45) is 5.92 Å². The maximum Gasteiger partial charge on any atom is 0.271 e. The van der Waals surface area contributed by atoms with Crippen LogP contribution in [0.4, 0.5) is 11.4 Å². The molecule has 10 heteroatoms. The number of amides is 1. The van der Waals surface area contributed by atoms with Crippen molar-refractivity contribution < 1.29 is 14.5 Å². The Bertz CT molecular complexity index is 1560. The number of aromatic nitrogens is 2. The number of thioether (sulfide) groups is 1. The molecule has 36 heavy (non-hydrogen) atoms. The molecule has 4 aromatic rings. The van der Waals surface area contributed by atoms with Crippen molar-refractivity contribution in [3.05, 3.63) is 100 Å². The van der Waals surface area contributed by atoms with Gasteiger partial charge in [0.15, 0.2) is 5.92 Å². The summed E-state index contributed by atoms with van der Waals surface area (Å²) in [4.78, 5) is 37.9. The Kier molecular flexibility index (Phi) is 6.06. The minimum Gasteiger partial charge on any atom is -0.324 e. The van der Waals surface area contributed by atoms with Crippen molar-refractivity contribution >= 4 is 34.8 Å². The molecule has 1 amide bonds. The molecule has 3 aromatic carbocycles. The summed E-state index contributed by atoms with van der Waals surface area (Å²) in [6, 6.07) is 24.2. The molecule has 0 radical (unpaired) electrons. The Balaban J connectivity index is 1.54. The molecule has 0 aliphatic carbocycles. The fraction of sp³-hybridized carbons (Fsp3) is 0.0769. The van der Waals surface area contributed by atoms with E-state index in [9.17, 15) is 25.0 Å². The first-order valence-corrected chi connectivity index (χ1v) is 11.8. The maximum absolute atomic E-state index is 13.5. The number of carbonyl (C=O) groups is 2. The molecule has 176 valence electrons. The molecule has 0 spiro atoms. The summed E-state index contributed by atoms with van der Waals surface area (Å²) in [5.74, 6) is -2.85. The summed E-state index contributed by atoms with van der Waals surface area (Å²) in [5.41, 5.74) is 2.99. The number of nitriles is 1. The van der Waals surface area contributed by atoms with E-state index >= 15 is 0 Å². The highest BCUT2D eigenvalue weighted by Gasteiger charge is 2.35. The number of non-ortho nitro benzene ring substituents is 1. The molecule has 1 aromatic heterocycles. The zero-order valence-electron chi connectivity index (χ0n) is 18.6. The van der Waals surface area contributed by atoms with E-state index in [1.165, 1.54) is 18.2 Å². The molecular formula is C26H17N5O4S. The van der Waals surface area contributed by atoms with E-state index in [0.717, 1.165) is 27.9 Å². The number of rotatable bonds is 6. The molecular weight excluding hydrogens is 478 g/mol. The SMILES string of the molecule is N#CC(C(=O)Nc1cccc([N+](=O)[O-])c1)C(=O)c1nn(-c2ccccc2)c2c1CSc1ccccc1-2. The molecule has 1 unspecified atom stereocenters. The minimum absolute atomic E-state index is 0.0524. The Morgan fingerprint density at radius 2 is 1.83 bits per heavy atom. The number of para-hydroxylation sites is 1. The first kappa shape index (κ1) is 23.0. The fourth-order valence-electron chi connectivity index (χ4n) is 4.04. The summed E-state index contributed by atoms with van der Waals surface area (Å²) in [6.45, 7) is 0. The van der Waals surface area contributed by atoms with Crippen LogP contribution in [-0.2, 0) is 10.5 Å². The van der Waals surface area contributed by atoms with Gasteiger partial charge in [0, 0.05) is 39.6 Å². The van der Waals surface area contributed by atoms with Gasteiger partial charge < -0.3 is 5.32 Å². The molecule has 1 atom stereocenters. The van der Waals surface area contributed by atoms with Crippen LogP contribution in [0.2, 0.25) is 0 Å². The number of hydrogen-bond donors (Lipinski definition) is 1. The van der Waals surface area contributed by atoms with Gasteiger partial charge in [-0.05, 0) is 24.3 Å². The van der Waals surface area contributed by atoms with Gasteiger partial charge in [0.25, 0.3) is 5.69 Å². The number of nitrogens with one attached hydrogen (secondary N) is 1. The van der Waals surface area contributed by atoms with Gasteiger partial charge in [0.2, 0.25) is 11.7 Å². The second-order valence-corrected chi connectivity index (χ2v) is 8.95. The standard InChI is InChI=1S/C26H17N5O4S/c27-14-20(26(33)28-16-7-6-10-18(13-16)31(34)35)25(32)23-21-15-36-22-12-5-4-11-19(22)24(21)30(29-23)17-8-2-1-3-9-17/h1-13,20H,15H2,(H,28,33). The van der Waals surface area contributed by atoms with Crippen molar-refractivity contribution in [2.75, 3.05) is 5.32 Å². The quantitative estimate of drug-likeness (QED) is 0.172. The number of nitro groups is 1. The monoisotopic (exact) mass is 495 g/mol. The van der Waals surface area contributed by atoms with E-state index in [0.29, 0.717) is 11.3 Å². The second-order valence-electron chi connectivity index (χ2n) is 7.93. The maximum atomic E-state index is 13.5. The van der Waals surface area contributed by atoms with Crippen molar-refractivity contribution in [1.29, 1.82) is 5.26 Å². The second kappa shape index (κ2) is 9.48. The normalized spacial score (nSPS) is 12.5. The van der Waals surface area contributed by atoms with E-state index in [2.05, 4.69) is 10.4 Å². The van der Waals surface area contributed by atoms with Gasteiger partial charge in [-0.3, -0.25) is 19.7 Å². The smallest absolute Gasteiger partial charge is 0.271 e. The molecule has 0 saturated carbocycles. The molecule has 5 rings (SSSR count). The lowest BCUT2D eigenvalue weighted by molar-refractivity contribution is -0.384. The number of ketones is 1. The van der Waals surface area contributed by atoms with E-state index in [-0.39, 0.29) is 17.1 Å². The lowest BCUT2D eigenvalue weighted by Gasteiger charge is -2.18. The number of carbonyl (C=O) groups excluding carboxylic acids is 2. The summed E-state index contributed by atoms with van der Waals surface area (Å²) in [6.07, 6.45) is 0. The minimum atomic E-state index is -1.69. The van der Waals surface area contributed by atoms with Crippen molar-refractivity contribution in [1.82, 2.24) is 9.78 Å². The van der Waals surface area contributed by atoms with E-state index in [1.807, 2.05) is 54.6 Å². The van der Waals surface area contributed by atoms with Crippen LogP contribution < -0.4 is 5.32 Å². The topological polar surface area (TPSA) is 131 Å². The average molecular weight is 496 g/mol. The third-order valence-corrected chi connectivity index (χ3v) is 6.81. The third-order valence-electron chi connectivity index (χ3n) is 5.71. The van der Waals surface area contributed by atoms with Gasteiger partial charge in [0.1, 0.15) is 5.69 Å². The van der Waals surface area contributed by atoms with E-state index < -0.39 is 22.5 Å². The number of hydrogen-bond acceptors (Lipinski definition) is 7. The summed E-state index contributed by atoms with van der Waals surface area (Å²) >= 11 is 1.55. The van der Waals surface area contributed by atoms with Gasteiger partial charge in [-0.2, -0.15) is 10.4 Å². The number of Topliss-reactive ketones (excluding diaryl/α,β-unsaturated/α-hetero) is 1. The van der Waals surface area contributed by atoms with Crippen LogP contribution in [0.3, 0.4) is 0 Å². The zero-order chi connectivity index (χ0) is 25.2. The molecule has 1 N–H and O–H groups in total. The molecule has 0 bridgehead atoms. The Hall–Kier alpha value is -4.75. The highest BCUT2D eigenvalue weighted by molar-refractivity contribution is 7.98. The summed E-state index contributed by atoms with van der Waals surface area (Å²) in [5, 5.41) is 27.8. The predicted octanol–water partition coefficient (Wildman–Crippen LogP) is 5.01. The Morgan fingerprint density at radius 1 is 1.08 bits per heavy atom. The third kappa shape index (κ3) is 4.12. The fourth-order valence-corrected chi connectivity index (χ4v) is 5.11. The first-order chi connectivity index (χ1) is 17.5. The summed E-state index contributed by atoms with van der Waals surface area (Å²) in [7, 11) is 0. The predicted molar refractivity (Wildman–Crippen MR) is 134 cm³/mol. The average Bonchev–Trinajstić information content (AvgIpc) is 3.30. The number of fused-ring (bicyclic) bond motifs is 3. The lowest BCUT2D eigenvalue weighted by Crippen LogP contribution is -2.29. The van der Waals surface area contributed by atoms with Crippen LogP contribution in [0.5, 0.6) is 0 Å². The molecule has 1 aliphatic rings. The van der Waals surface area contributed by atoms with Gasteiger partial charge >= 0.3 is 0 Å². The van der Waals surface area contributed by atoms with Gasteiger partial charge in [0.05, 0.1) is 22.4 Å². The lowest BCUT2D eigenvalue weighted by atomic mass is 9.97. The van der Waals surface area contributed by atoms with Gasteiger partial charge in [-0.15, -0.1) is 11.8 Å². The Labute approximate surface area is 209 Å². The first-order valence-electron chi connectivity index (χ1n) is 10.9. The van der Waals surface area contributed by atoms with Crippen LogP contribution in [0.1, 0.15) is 16.1 Å². The number of nitrogens with zero attached hydrogens (tertiary/aromatic N) is 4. The Morgan fingerprint density at radius 3 is 2.58 bits per heavy atom. The van der Waals surface area contributed by atoms with Crippen LogP contribution in [0, 0.1) is 27.4 Å². The number of nitro benzene ring substituents is 1. The number of anilines is 1. The van der Waals surface area contributed by atoms with Gasteiger partial charge in [-0.1, -0.05) is 42.5 Å². The van der Waals surface area contributed by atoms with Crippen molar-refractivity contribution in [3.63, 3.8) is 0 Å². The highest BCUT2D eigenvalue weighted by Crippen LogP contribution is 2.44. The van der Waals surface area contributed by atoms with Crippen molar-refractivity contribution in [2.45, 2.75) is 10.6 Å². The van der Waals surface area contributed by atoms with Crippen molar-refractivity contribution in [3.8, 4) is 23.0 Å². The molecule has 1 aliphatic heterocycles. The highest BCUT2D eigenvalue weighted by atomic mass is 32.2. The van der Waals surface area contributed by atoms with E-state index in [1.54, 1.807) is 22.5 Å². The molecule has 0 fully saturated rings. The summed E-state index contributed by atoms with van der Waals surface area (Å²) < 4.78 is 1.67. The van der Waals surface area contributed by atoms with E-state index in [4.69, 9.17) is 0 Å². The van der Waals surface area contributed by atoms with Crippen LogP contribution in [0.15, 0.2) is 83.8 Å². The number of benzene rings is 3. The largest absolute Gasteiger partial charge is 0.324 e. The van der Waals surface area contributed by atoms with Crippen LogP contribution >= 0.6 is 11.8 Å². The van der Waals surface area contributed by atoms with Gasteiger partial charge in [-0.25, -0.2) is 4.68 Å². The zero-order valence-corrected chi connectivity index (χ0v) is 19.4.